The molecule has 0 unspecified atom stereocenters. The van der Waals surface area contributed by atoms with Crippen LogP contribution in [-0.2, 0) is 16.6 Å². The maximum Gasteiger partial charge on any atom is 0.264 e. The minimum atomic E-state index is -3.94. The summed E-state index contributed by atoms with van der Waals surface area (Å²) in [7, 11) is -2.45. The number of halogens is 2. The number of rotatable bonds is 6. The van der Waals surface area contributed by atoms with Gasteiger partial charge in [0, 0.05) is 0 Å². The normalized spacial score (nSPS) is 11.2. The molecule has 0 N–H and O–H groups in total. The van der Waals surface area contributed by atoms with Gasteiger partial charge in [-0.05, 0) is 66.2 Å². The quantitative estimate of drug-likeness (QED) is 0.629. The third-order valence-electron chi connectivity index (χ3n) is 4.00. The Balaban J connectivity index is 2.03. The average molecular weight is 389 g/mol. The summed E-state index contributed by atoms with van der Waals surface area (Å²) >= 11 is 0. The average Bonchev–Trinajstić information content (AvgIpc) is 2.68. The van der Waals surface area contributed by atoms with Gasteiger partial charge >= 0.3 is 0 Å². The summed E-state index contributed by atoms with van der Waals surface area (Å²) in [6.07, 6.45) is 0. The van der Waals surface area contributed by atoms with E-state index in [0.717, 1.165) is 4.31 Å². The van der Waals surface area contributed by atoms with E-state index in [0.29, 0.717) is 17.0 Å². The summed E-state index contributed by atoms with van der Waals surface area (Å²) in [5.74, 6) is -0.353. The van der Waals surface area contributed by atoms with Crippen molar-refractivity contribution in [3.05, 3.63) is 90.0 Å². The van der Waals surface area contributed by atoms with Crippen molar-refractivity contribution in [2.45, 2.75) is 11.4 Å². The Hall–Kier alpha value is -2.93. The second-order valence-electron chi connectivity index (χ2n) is 5.79. The SMILES string of the molecule is COc1ccc(S(=O)(=O)N(Cc2ccc(F)cc2)c2ccc(F)cc2)cc1. The van der Waals surface area contributed by atoms with Crippen molar-refractivity contribution in [3.8, 4) is 5.75 Å². The van der Waals surface area contributed by atoms with Gasteiger partial charge in [-0.25, -0.2) is 17.2 Å². The van der Waals surface area contributed by atoms with Gasteiger partial charge in [0.15, 0.2) is 0 Å². The summed E-state index contributed by atoms with van der Waals surface area (Å²) in [6.45, 7) is -0.0275. The number of sulfonamides is 1. The van der Waals surface area contributed by atoms with Crippen molar-refractivity contribution in [3.63, 3.8) is 0 Å². The number of ether oxygens (including phenoxy) is 1. The number of anilines is 1. The Morgan fingerprint density at radius 2 is 1.33 bits per heavy atom. The minimum absolute atomic E-state index is 0.0275. The van der Waals surface area contributed by atoms with Gasteiger partial charge in [-0.2, -0.15) is 0 Å². The van der Waals surface area contributed by atoms with Gasteiger partial charge in [0.25, 0.3) is 10.0 Å². The molecule has 4 nitrogen and oxygen atoms in total. The Bertz CT molecular complexity index is 1000. The van der Waals surface area contributed by atoms with Crippen LogP contribution in [0.2, 0.25) is 0 Å². The summed E-state index contributed by atoms with van der Waals surface area (Å²) < 4.78 is 59.1. The molecule has 7 heteroatoms. The Kier molecular flexibility index (Phi) is 5.41. The van der Waals surface area contributed by atoms with Crippen molar-refractivity contribution in [2.24, 2.45) is 0 Å². The van der Waals surface area contributed by atoms with E-state index in [1.54, 1.807) is 12.1 Å². The molecule has 0 aliphatic carbocycles. The molecule has 140 valence electrons. The van der Waals surface area contributed by atoms with Crippen LogP contribution < -0.4 is 9.04 Å². The van der Waals surface area contributed by atoms with Crippen molar-refractivity contribution in [2.75, 3.05) is 11.4 Å². The van der Waals surface area contributed by atoms with E-state index in [2.05, 4.69) is 0 Å². The van der Waals surface area contributed by atoms with Gasteiger partial charge in [0.2, 0.25) is 0 Å². The van der Waals surface area contributed by atoms with E-state index in [4.69, 9.17) is 4.74 Å². The maximum atomic E-state index is 13.3. The van der Waals surface area contributed by atoms with Crippen LogP contribution in [0.4, 0.5) is 14.5 Å². The first-order valence-corrected chi connectivity index (χ1v) is 9.51. The second kappa shape index (κ2) is 7.75. The van der Waals surface area contributed by atoms with E-state index in [1.807, 2.05) is 0 Å². The number of benzene rings is 3. The lowest BCUT2D eigenvalue weighted by Crippen LogP contribution is -2.30. The number of methoxy groups -OCH3 is 1. The molecule has 0 aliphatic heterocycles. The fourth-order valence-electron chi connectivity index (χ4n) is 2.55. The van der Waals surface area contributed by atoms with Crippen LogP contribution in [-0.4, -0.2) is 15.5 Å². The third-order valence-corrected chi connectivity index (χ3v) is 5.79. The lowest BCUT2D eigenvalue weighted by Gasteiger charge is -2.25. The first-order chi connectivity index (χ1) is 12.9. The largest absolute Gasteiger partial charge is 0.497 e. The lowest BCUT2D eigenvalue weighted by molar-refractivity contribution is 0.414. The highest BCUT2D eigenvalue weighted by molar-refractivity contribution is 7.92. The topological polar surface area (TPSA) is 46.6 Å². The molecule has 0 radical (unpaired) electrons. The predicted molar refractivity (Wildman–Crippen MR) is 99.2 cm³/mol. The molecular formula is C20H17F2NO3S. The van der Waals surface area contributed by atoms with E-state index < -0.39 is 21.7 Å². The molecule has 0 saturated heterocycles. The van der Waals surface area contributed by atoms with Gasteiger partial charge in [-0.15, -0.1) is 0 Å². The summed E-state index contributed by atoms with van der Waals surface area (Å²) in [4.78, 5) is 0.0646. The molecule has 0 heterocycles. The van der Waals surface area contributed by atoms with Gasteiger partial charge in [-0.3, -0.25) is 4.31 Å². The number of hydrogen-bond donors (Lipinski definition) is 0. The molecular weight excluding hydrogens is 372 g/mol. The van der Waals surface area contributed by atoms with Crippen LogP contribution in [0.3, 0.4) is 0 Å². The van der Waals surface area contributed by atoms with Crippen molar-refractivity contribution in [1.82, 2.24) is 0 Å². The van der Waals surface area contributed by atoms with Crippen molar-refractivity contribution < 1.29 is 21.9 Å². The predicted octanol–water partition coefficient (Wildman–Crippen LogP) is 4.37. The monoisotopic (exact) mass is 389 g/mol. The van der Waals surface area contributed by atoms with Crippen LogP contribution in [0.1, 0.15) is 5.56 Å². The molecule has 0 atom stereocenters. The van der Waals surface area contributed by atoms with Gasteiger partial charge in [-0.1, -0.05) is 12.1 Å². The third kappa shape index (κ3) is 4.25. The van der Waals surface area contributed by atoms with Crippen LogP contribution >= 0.6 is 0 Å². The van der Waals surface area contributed by atoms with E-state index in [1.165, 1.54) is 67.8 Å². The molecule has 3 aromatic carbocycles. The fourth-order valence-corrected chi connectivity index (χ4v) is 4.01. The zero-order valence-electron chi connectivity index (χ0n) is 14.5. The maximum absolute atomic E-state index is 13.3. The first kappa shape index (κ1) is 18.8. The molecule has 0 aromatic heterocycles. The molecule has 0 spiro atoms. The van der Waals surface area contributed by atoms with Crippen LogP contribution in [0.5, 0.6) is 5.75 Å². The zero-order valence-corrected chi connectivity index (χ0v) is 15.3. The Morgan fingerprint density at radius 1 is 0.815 bits per heavy atom. The van der Waals surface area contributed by atoms with Gasteiger partial charge < -0.3 is 4.74 Å². The van der Waals surface area contributed by atoms with Gasteiger partial charge in [0.1, 0.15) is 17.4 Å². The highest BCUT2D eigenvalue weighted by atomic mass is 32.2. The van der Waals surface area contributed by atoms with Crippen LogP contribution in [0, 0.1) is 11.6 Å². The zero-order chi connectivity index (χ0) is 19.4. The molecule has 0 fully saturated rings. The Labute approximate surface area is 156 Å². The summed E-state index contributed by atoms with van der Waals surface area (Å²) in [6, 6.07) is 16.7. The smallest absolute Gasteiger partial charge is 0.264 e. The second-order valence-corrected chi connectivity index (χ2v) is 7.65. The van der Waals surface area contributed by atoms with Crippen molar-refractivity contribution in [1.29, 1.82) is 0 Å². The van der Waals surface area contributed by atoms with Crippen LogP contribution in [0.15, 0.2) is 77.7 Å². The Morgan fingerprint density at radius 3 is 1.85 bits per heavy atom. The first-order valence-electron chi connectivity index (χ1n) is 8.07. The van der Waals surface area contributed by atoms with E-state index in [9.17, 15) is 17.2 Å². The van der Waals surface area contributed by atoms with E-state index in [-0.39, 0.29) is 11.4 Å². The minimum Gasteiger partial charge on any atom is -0.497 e. The van der Waals surface area contributed by atoms with Crippen LogP contribution in [0.25, 0.3) is 0 Å². The molecule has 0 aliphatic rings. The highest BCUT2D eigenvalue weighted by Crippen LogP contribution is 2.27. The van der Waals surface area contributed by atoms with Crippen molar-refractivity contribution >= 4 is 15.7 Å². The molecule has 0 amide bonds. The highest BCUT2D eigenvalue weighted by Gasteiger charge is 2.25. The molecule has 3 rings (SSSR count). The van der Waals surface area contributed by atoms with E-state index >= 15 is 0 Å². The molecule has 0 saturated carbocycles. The lowest BCUT2D eigenvalue weighted by atomic mass is 10.2. The summed E-state index contributed by atoms with van der Waals surface area (Å²) in [5, 5.41) is 0. The summed E-state index contributed by atoms with van der Waals surface area (Å²) in [5.41, 5.74) is 0.898. The van der Waals surface area contributed by atoms with Gasteiger partial charge in [0.05, 0.1) is 24.2 Å². The molecule has 0 bridgehead atoms. The molecule has 3 aromatic rings. The number of nitrogens with zero attached hydrogens (tertiary/aromatic N) is 1. The fraction of sp³-hybridized carbons (Fsp3) is 0.100. The number of hydrogen-bond acceptors (Lipinski definition) is 3. The molecule has 27 heavy (non-hydrogen) atoms. The standard InChI is InChI=1S/C20H17F2NO3S/c1-26-19-10-12-20(13-11-19)27(24,25)23(18-8-6-17(22)7-9-18)14-15-2-4-16(21)5-3-15/h2-13H,14H2,1H3.